The van der Waals surface area contributed by atoms with Crippen LogP contribution >= 0.6 is 0 Å². The van der Waals surface area contributed by atoms with Crippen molar-refractivity contribution in [3.8, 4) is 0 Å². The topological polar surface area (TPSA) is 75.7 Å². The third-order valence-electron chi connectivity index (χ3n) is 4.98. The van der Waals surface area contributed by atoms with Gasteiger partial charge in [-0.1, -0.05) is 19.3 Å². The number of ether oxygens (including phenoxy) is 1. The van der Waals surface area contributed by atoms with E-state index in [2.05, 4.69) is 5.32 Å². The van der Waals surface area contributed by atoms with Crippen molar-refractivity contribution in [1.29, 1.82) is 0 Å². The van der Waals surface area contributed by atoms with Crippen LogP contribution in [-0.4, -0.2) is 41.9 Å². The lowest BCUT2D eigenvalue weighted by Crippen LogP contribution is -2.38. The maximum absolute atomic E-state index is 12.8. The van der Waals surface area contributed by atoms with Gasteiger partial charge in [0.15, 0.2) is 6.61 Å². The lowest BCUT2D eigenvalue weighted by Gasteiger charge is -2.31. The maximum atomic E-state index is 12.8. The van der Waals surface area contributed by atoms with Crippen LogP contribution in [0.5, 0.6) is 0 Å². The number of nitrogens with zero attached hydrogens (tertiary/aromatic N) is 1. The third-order valence-corrected chi connectivity index (χ3v) is 4.98. The van der Waals surface area contributed by atoms with Crippen LogP contribution in [0.2, 0.25) is 0 Å². The van der Waals surface area contributed by atoms with Crippen molar-refractivity contribution in [3.05, 3.63) is 30.1 Å². The van der Waals surface area contributed by atoms with E-state index in [1.165, 1.54) is 30.7 Å². The molecule has 1 saturated carbocycles. The first kappa shape index (κ1) is 18.4. The molecule has 0 bridgehead atoms. The Morgan fingerprint density at radius 3 is 2.54 bits per heavy atom. The smallest absolute Gasteiger partial charge is 0.311 e. The van der Waals surface area contributed by atoms with Gasteiger partial charge >= 0.3 is 5.97 Å². The van der Waals surface area contributed by atoms with Crippen LogP contribution in [0.25, 0.3) is 0 Å². The van der Waals surface area contributed by atoms with Gasteiger partial charge in [-0.15, -0.1) is 0 Å². The maximum Gasteiger partial charge on any atom is 0.311 e. The molecule has 3 rings (SSSR count). The third kappa shape index (κ3) is 4.59. The zero-order chi connectivity index (χ0) is 18.5. The number of benzene rings is 1. The number of amides is 2. The molecule has 2 fully saturated rings. The average Bonchev–Trinajstić information content (AvgIpc) is 3.04. The average molecular weight is 362 g/mol. The lowest BCUT2D eigenvalue weighted by molar-refractivity contribution is -0.151. The fourth-order valence-electron chi connectivity index (χ4n) is 3.62. The molecule has 1 atom stereocenters. The number of esters is 1. The molecule has 1 N–H and O–H groups in total. The highest BCUT2D eigenvalue weighted by atomic mass is 19.1. The van der Waals surface area contributed by atoms with Crippen molar-refractivity contribution < 1.29 is 23.5 Å². The first-order valence-electron chi connectivity index (χ1n) is 9.04. The quantitative estimate of drug-likeness (QED) is 0.817. The molecule has 0 aromatic heterocycles. The highest BCUT2D eigenvalue weighted by Gasteiger charge is 2.39. The standard InChI is InChI=1S/C19H23FN2O4/c20-14-6-8-15(9-7-14)21-17(23)12-26-19(25)13-10-18(24)22(11-13)16-4-2-1-3-5-16/h6-9,13,16H,1-5,10-12H2,(H,21,23)/t13-/m1/s1. The number of likely N-dealkylation sites (tertiary alicyclic amines) is 1. The second-order valence-corrected chi connectivity index (χ2v) is 6.90. The van der Waals surface area contributed by atoms with Crippen LogP contribution < -0.4 is 5.32 Å². The fourth-order valence-corrected chi connectivity index (χ4v) is 3.62. The molecule has 0 spiro atoms. The van der Waals surface area contributed by atoms with Gasteiger partial charge in [-0.3, -0.25) is 14.4 Å². The summed E-state index contributed by atoms with van der Waals surface area (Å²) in [6.45, 7) is -0.0494. The molecule has 1 saturated heterocycles. The van der Waals surface area contributed by atoms with Gasteiger partial charge in [0.25, 0.3) is 5.91 Å². The van der Waals surface area contributed by atoms with E-state index >= 15 is 0 Å². The summed E-state index contributed by atoms with van der Waals surface area (Å²) in [5, 5.41) is 2.52. The molecule has 26 heavy (non-hydrogen) atoms. The summed E-state index contributed by atoms with van der Waals surface area (Å²) in [5.74, 6) is -1.94. The number of nitrogens with one attached hydrogen (secondary N) is 1. The molecule has 2 amide bonds. The molecule has 1 aliphatic heterocycles. The first-order chi connectivity index (χ1) is 12.5. The van der Waals surface area contributed by atoms with Crippen molar-refractivity contribution in [2.45, 2.75) is 44.6 Å². The molecule has 2 aliphatic rings. The second-order valence-electron chi connectivity index (χ2n) is 6.90. The van der Waals surface area contributed by atoms with Crippen LogP contribution in [0.1, 0.15) is 38.5 Å². The fraction of sp³-hybridized carbons (Fsp3) is 0.526. The number of hydrogen-bond acceptors (Lipinski definition) is 4. The summed E-state index contributed by atoms with van der Waals surface area (Å²) in [4.78, 5) is 38.0. The summed E-state index contributed by atoms with van der Waals surface area (Å²) in [6, 6.07) is 5.53. The van der Waals surface area contributed by atoms with Gasteiger partial charge in [0.05, 0.1) is 5.92 Å². The van der Waals surface area contributed by atoms with Crippen LogP contribution in [0, 0.1) is 11.7 Å². The summed E-state index contributed by atoms with van der Waals surface area (Å²) < 4.78 is 17.9. The van der Waals surface area contributed by atoms with E-state index in [4.69, 9.17) is 4.74 Å². The second kappa shape index (κ2) is 8.29. The van der Waals surface area contributed by atoms with E-state index in [9.17, 15) is 18.8 Å². The molecule has 1 heterocycles. The van der Waals surface area contributed by atoms with E-state index < -0.39 is 30.2 Å². The Kier molecular flexibility index (Phi) is 5.85. The number of carbonyl (C=O) groups is 3. The molecule has 7 heteroatoms. The zero-order valence-corrected chi connectivity index (χ0v) is 14.6. The van der Waals surface area contributed by atoms with Crippen molar-refractivity contribution in [2.75, 3.05) is 18.5 Å². The van der Waals surface area contributed by atoms with Crippen LogP contribution in [0.3, 0.4) is 0 Å². The summed E-state index contributed by atoms with van der Waals surface area (Å²) in [7, 11) is 0. The molecule has 1 aromatic rings. The minimum Gasteiger partial charge on any atom is -0.455 e. The Hall–Kier alpha value is -2.44. The van der Waals surface area contributed by atoms with Gasteiger partial charge in [0.2, 0.25) is 5.91 Å². The molecule has 140 valence electrons. The Morgan fingerprint density at radius 2 is 1.85 bits per heavy atom. The van der Waals surface area contributed by atoms with Crippen LogP contribution in [0.4, 0.5) is 10.1 Å². The minimum atomic E-state index is -0.522. The van der Waals surface area contributed by atoms with E-state index in [-0.39, 0.29) is 18.4 Å². The van der Waals surface area contributed by atoms with E-state index in [1.54, 1.807) is 0 Å². The van der Waals surface area contributed by atoms with Gasteiger partial charge in [0.1, 0.15) is 5.82 Å². The van der Waals surface area contributed by atoms with Crippen LogP contribution in [-0.2, 0) is 19.1 Å². The number of halogens is 1. The molecular weight excluding hydrogens is 339 g/mol. The molecule has 0 unspecified atom stereocenters. The normalized spacial score (nSPS) is 20.9. The van der Waals surface area contributed by atoms with Gasteiger partial charge in [-0.25, -0.2) is 4.39 Å². The number of hydrogen-bond donors (Lipinski definition) is 1. The largest absolute Gasteiger partial charge is 0.455 e. The van der Waals surface area contributed by atoms with Gasteiger partial charge in [0, 0.05) is 24.7 Å². The lowest BCUT2D eigenvalue weighted by atomic mass is 9.94. The van der Waals surface area contributed by atoms with Gasteiger partial charge in [-0.05, 0) is 37.1 Å². The monoisotopic (exact) mass is 362 g/mol. The molecule has 0 radical (unpaired) electrons. The van der Waals surface area contributed by atoms with Gasteiger partial charge in [-0.2, -0.15) is 0 Å². The van der Waals surface area contributed by atoms with E-state index in [0.717, 1.165) is 25.7 Å². The zero-order valence-electron chi connectivity index (χ0n) is 14.6. The Bertz CT molecular complexity index is 671. The highest BCUT2D eigenvalue weighted by Crippen LogP contribution is 2.29. The summed E-state index contributed by atoms with van der Waals surface area (Å²) in [6.07, 6.45) is 5.57. The molecule has 1 aromatic carbocycles. The predicted octanol–water partition coefficient (Wildman–Crippen LogP) is 2.49. The number of rotatable bonds is 5. The minimum absolute atomic E-state index is 0.00499. The first-order valence-corrected chi connectivity index (χ1v) is 9.04. The van der Waals surface area contributed by atoms with Crippen molar-refractivity contribution >= 4 is 23.5 Å². The SMILES string of the molecule is O=C(COC(=O)[C@@H]1CC(=O)N(C2CCCCC2)C1)Nc1ccc(F)cc1. The number of anilines is 1. The molecule has 1 aliphatic carbocycles. The molecule has 6 nitrogen and oxygen atoms in total. The van der Waals surface area contributed by atoms with Crippen molar-refractivity contribution in [2.24, 2.45) is 5.92 Å². The number of carbonyl (C=O) groups excluding carboxylic acids is 3. The summed E-state index contributed by atoms with van der Waals surface area (Å²) >= 11 is 0. The van der Waals surface area contributed by atoms with E-state index in [1.807, 2.05) is 4.90 Å². The Labute approximate surface area is 151 Å². The van der Waals surface area contributed by atoms with Gasteiger partial charge < -0.3 is 15.0 Å². The summed E-state index contributed by atoms with van der Waals surface area (Å²) in [5.41, 5.74) is 0.423. The van der Waals surface area contributed by atoms with Crippen molar-refractivity contribution in [3.63, 3.8) is 0 Å². The predicted molar refractivity (Wildman–Crippen MR) is 92.7 cm³/mol. The highest BCUT2D eigenvalue weighted by molar-refractivity contribution is 5.93. The van der Waals surface area contributed by atoms with Crippen molar-refractivity contribution in [1.82, 2.24) is 4.90 Å². The Balaban J connectivity index is 1.45. The van der Waals surface area contributed by atoms with E-state index in [0.29, 0.717) is 12.2 Å². The van der Waals surface area contributed by atoms with Crippen LogP contribution in [0.15, 0.2) is 24.3 Å². The Morgan fingerprint density at radius 1 is 1.15 bits per heavy atom. The molecular formula is C19H23FN2O4.